The van der Waals surface area contributed by atoms with Gasteiger partial charge in [0.2, 0.25) is 5.91 Å². The predicted octanol–water partition coefficient (Wildman–Crippen LogP) is 1.08. The first-order chi connectivity index (χ1) is 8.11. The highest BCUT2D eigenvalue weighted by Crippen LogP contribution is 2.33. The van der Waals surface area contributed by atoms with Gasteiger partial charge in [-0.3, -0.25) is 9.59 Å². The molecule has 0 spiro atoms. The minimum atomic E-state index is -0.919. The molecular formula is C11H12N2O3S. The molecule has 5 nitrogen and oxygen atoms in total. The number of nitrogens with one attached hydrogen (secondary N) is 2. The van der Waals surface area contributed by atoms with Crippen LogP contribution in [0.3, 0.4) is 0 Å². The molecule has 1 atom stereocenters. The highest BCUT2D eigenvalue weighted by molar-refractivity contribution is 8.00. The third-order valence-electron chi connectivity index (χ3n) is 2.51. The number of carbonyl (C=O) groups is 2. The average Bonchev–Trinajstić information content (AvgIpc) is 2.29. The van der Waals surface area contributed by atoms with Gasteiger partial charge in [-0.2, -0.15) is 0 Å². The number of benzene rings is 1. The van der Waals surface area contributed by atoms with E-state index in [-0.39, 0.29) is 5.91 Å². The molecule has 1 aromatic rings. The number of likely N-dealkylation sites (N-methyl/N-ethyl adjacent to an activating group) is 1. The van der Waals surface area contributed by atoms with Crippen LogP contribution in [-0.4, -0.2) is 29.8 Å². The summed E-state index contributed by atoms with van der Waals surface area (Å²) in [6.07, 6.45) is 0. The molecular weight excluding hydrogens is 240 g/mol. The average molecular weight is 252 g/mol. The summed E-state index contributed by atoms with van der Waals surface area (Å²) >= 11 is 1.42. The Balaban J connectivity index is 2.33. The summed E-state index contributed by atoms with van der Waals surface area (Å²) in [6.45, 7) is 0. The van der Waals surface area contributed by atoms with Crippen molar-refractivity contribution in [1.29, 1.82) is 0 Å². The molecule has 17 heavy (non-hydrogen) atoms. The molecule has 1 amide bonds. The van der Waals surface area contributed by atoms with Gasteiger partial charge in [0.25, 0.3) is 0 Å². The van der Waals surface area contributed by atoms with Gasteiger partial charge in [-0.1, -0.05) is 6.07 Å². The lowest BCUT2D eigenvalue weighted by molar-refractivity contribution is -0.139. The smallest absolute Gasteiger partial charge is 0.325 e. The number of fused-ring (bicyclic) bond motifs is 1. The second-order valence-electron chi connectivity index (χ2n) is 3.65. The van der Waals surface area contributed by atoms with Gasteiger partial charge in [0, 0.05) is 4.90 Å². The number of aliphatic carboxylic acids is 1. The van der Waals surface area contributed by atoms with Crippen LogP contribution in [0.5, 0.6) is 0 Å². The van der Waals surface area contributed by atoms with Crippen LogP contribution >= 0.6 is 11.8 Å². The van der Waals surface area contributed by atoms with Crippen molar-refractivity contribution in [3.63, 3.8) is 0 Å². The van der Waals surface area contributed by atoms with E-state index in [1.165, 1.54) is 11.8 Å². The van der Waals surface area contributed by atoms with Crippen LogP contribution in [0.1, 0.15) is 11.6 Å². The van der Waals surface area contributed by atoms with Crippen molar-refractivity contribution < 1.29 is 14.7 Å². The lowest BCUT2D eigenvalue weighted by Crippen LogP contribution is -2.25. The fourth-order valence-electron chi connectivity index (χ4n) is 1.70. The van der Waals surface area contributed by atoms with E-state index in [1.807, 2.05) is 0 Å². The highest BCUT2D eigenvalue weighted by atomic mass is 32.2. The van der Waals surface area contributed by atoms with Gasteiger partial charge in [0.15, 0.2) is 0 Å². The fourth-order valence-corrected chi connectivity index (χ4v) is 2.56. The molecule has 0 aliphatic carbocycles. The number of hydrogen-bond donors (Lipinski definition) is 3. The van der Waals surface area contributed by atoms with Crippen LogP contribution < -0.4 is 10.6 Å². The van der Waals surface area contributed by atoms with Crippen LogP contribution in [0.25, 0.3) is 0 Å². The molecule has 0 radical (unpaired) electrons. The van der Waals surface area contributed by atoms with Crippen LogP contribution in [0.2, 0.25) is 0 Å². The zero-order valence-electron chi connectivity index (χ0n) is 9.19. The summed E-state index contributed by atoms with van der Waals surface area (Å²) in [4.78, 5) is 23.1. The van der Waals surface area contributed by atoms with Crippen molar-refractivity contribution in [2.75, 3.05) is 18.1 Å². The molecule has 1 aliphatic rings. The lowest BCUT2D eigenvalue weighted by Gasteiger charge is -2.19. The summed E-state index contributed by atoms with van der Waals surface area (Å²) in [7, 11) is 1.60. The van der Waals surface area contributed by atoms with Crippen molar-refractivity contribution in [3.8, 4) is 0 Å². The van der Waals surface area contributed by atoms with Crippen LogP contribution in [-0.2, 0) is 9.59 Å². The molecule has 0 fully saturated rings. The zero-order chi connectivity index (χ0) is 12.4. The predicted molar refractivity (Wildman–Crippen MR) is 65.2 cm³/mol. The van der Waals surface area contributed by atoms with Crippen molar-refractivity contribution in [3.05, 3.63) is 23.8 Å². The fraction of sp³-hybridized carbons (Fsp3) is 0.273. The van der Waals surface area contributed by atoms with Gasteiger partial charge in [-0.15, -0.1) is 11.8 Å². The molecule has 1 aliphatic heterocycles. The van der Waals surface area contributed by atoms with Crippen LogP contribution in [0.15, 0.2) is 23.1 Å². The van der Waals surface area contributed by atoms with Gasteiger partial charge < -0.3 is 15.7 Å². The molecule has 1 aromatic carbocycles. The first-order valence-corrected chi connectivity index (χ1v) is 6.07. The molecule has 6 heteroatoms. The van der Waals surface area contributed by atoms with Crippen molar-refractivity contribution in [2.24, 2.45) is 0 Å². The van der Waals surface area contributed by atoms with E-state index in [2.05, 4.69) is 10.6 Å². The van der Waals surface area contributed by atoms with E-state index in [1.54, 1.807) is 25.2 Å². The largest absolute Gasteiger partial charge is 0.480 e. The Kier molecular flexibility index (Phi) is 3.35. The number of carbonyl (C=O) groups excluding carboxylic acids is 1. The third kappa shape index (κ3) is 2.42. The number of amides is 1. The maximum absolute atomic E-state index is 11.2. The summed E-state index contributed by atoms with van der Waals surface area (Å²) < 4.78 is 0. The third-order valence-corrected chi connectivity index (χ3v) is 3.56. The summed E-state index contributed by atoms with van der Waals surface area (Å²) in [5, 5.41) is 14.5. The number of hydrogen-bond acceptors (Lipinski definition) is 4. The quantitative estimate of drug-likeness (QED) is 0.750. The standard InChI is InChI=1S/C11H12N2O3S/c1-12-10(11(15)16)6-2-3-7-8(4-6)17-5-9(14)13-7/h2-4,10,12H,5H2,1H3,(H,13,14)(H,15,16). The Morgan fingerprint density at radius 3 is 3.00 bits per heavy atom. The van der Waals surface area contributed by atoms with E-state index >= 15 is 0 Å². The van der Waals surface area contributed by atoms with Gasteiger partial charge in [-0.05, 0) is 24.7 Å². The van der Waals surface area contributed by atoms with Crippen LogP contribution in [0.4, 0.5) is 5.69 Å². The number of thioether (sulfide) groups is 1. The topological polar surface area (TPSA) is 78.4 Å². The maximum atomic E-state index is 11.2. The van der Waals surface area contributed by atoms with E-state index in [4.69, 9.17) is 5.11 Å². The molecule has 2 rings (SSSR count). The molecule has 0 bridgehead atoms. The monoisotopic (exact) mass is 252 g/mol. The zero-order valence-corrected chi connectivity index (χ0v) is 10.0. The van der Waals surface area contributed by atoms with Crippen molar-refractivity contribution in [1.82, 2.24) is 5.32 Å². The normalized spacial score (nSPS) is 15.9. The maximum Gasteiger partial charge on any atom is 0.325 e. The Bertz CT molecular complexity index is 476. The Hall–Kier alpha value is -1.53. The molecule has 0 saturated carbocycles. The van der Waals surface area contributed by atoms with E-state index in [0.717, 1.165) is 10.6 Å². The molecule has 90 valence electrons. The number of anilines is 1. The Morgan fingerprint density at radius 1 is 1.59 bits per heavy atom. The van der Waals surface area contributed by atoms with Crippen LogP contribution in [0, 0.1) is 0 Å². The highest BCUT2D eigenvalue weighted by Gasteiger charge is 2.21. The summed E-state index contributed by atoms with van der Waals surface area (Å²) in [6, 6.07) is 4.52. The van der Waals surface area contributed by atoms with E-state index < -0.39 is 12.0 Å². The minimum absolute atomic E-state index is 0.0290. The minimum Gasteiger partial charge on any atom is -0.480 e. The molecule has 3 N–H and O–H groups in total. The number of carboxylic acids is 1. The van der Waals surface area contributed by atoms with Crippen molar-refractivity contribution >= 4 is 29.3 Å². The first kappa shape index (κ1) is 11.9. The second kappa shape index (κ2) is 4.77. The number of rotatable bonds is 3. The second-order valence-corrected chi connectivity index (χ2v) is 4.67. The lowest BCUT2D eigenvalue weighted by atomic mass is 10.1. The Morgan fingerprint density at radius 2 is 2.35 bits per heavy atom. The van der Waals surface area contributed by atoms with E-state index in [9.17, 15) is 9.59 Å². The van der Waals surface area contributed by atoms with E-state index in [0.29, 0.717) is 11.3 Å². The molecule has 1 unspecified atom stereocenters. The van der Waals surface area contributed by atoms with Crippen molar-refractivity contribution in [2.45, 2.75) is 10.9 Å². The SMILES string of the molecule is CNC(C(=O)O)c1ccc2c(c1)SCC(=O)N2. The molecule has 0 aromatic heterocycles. The molecule has 1 heterocycles. The van der Waals surface area contributed by atoms with Gasteiger partial charge in [0.05, 0.1) is 11.4 Å². The summed E-state index contributed by atoms with van der Waals surface area (Å²) in [5.41, 5.74) is 1.43. The summed E-state index contributed by atoms with van der Waals surface area (Å²) in [5.74, 6) is -0.579. The van der Waals surface area contributed by atoms with Gasteiger partial charge >= 0.3 is 5.97 Å². The van der Waals surface area contributed by atoms with Gasteiger partial charge in [0.1, 0.15) is 6.04 Å². The first-order valence-electron chi connectivity index (χ1n) is 5.08. The van der Waals surface area contributed by atoms with Gasteiger partial charge in [-0.25, -0.2) is 0 Å². The Labute approximate surface area is 103 Å². The number of carboxylic acid groups (broad SMARTS) is 1. The molecule has 0 saturated heterocycles.